The molecule has 4 rings (SSSR count). The molecule has 0 spiro atoms. The van der Waals surface area contributed by atoms with Crippen molar-refractivity contribution in [3.05, 3.63) is 0 Å². The van der Waals surface area contributed by atoms with E-state index in [1.165, 1.54) is 45.1 Å². The van der Waals surface area contributed by atoms with Crippen LogP contribution in [0, 0.1) is 11.3 Å². The number of ketones is 1. The Balaban J connectivity index is 1.50. The van der Waals surface area contributed by atoms with Gasteiger partial charge in [0, 0.05) is 31.5 Å². The smallest absolute Gasteiger partial charge is 0.136 e. The summed E-state index contributed by atoms with van der Waals surface area (Å²) >= 11 is 0. The maximum atomic E-state index is 11.6. The summed E-state index contributed by atoms with van der Waals surface area (Å²) in [7, 11) is 0. The summed E-state index contributed by atoms with van der Waals surface area (Å²) in [6.45, 7) is 1.33. The van der Waals surface area contributed by atoms with E-state index in [9.17, 15) is 4.79 Å². The molecule has 0 radical (unpaired) electrons. The SMILES string of the molecule is O=C1CC2CCC(C1)N2CC1(C2CC2)CC1. The third-order valence-corrected chi connectivity index (χ3v) is 5.53. The lowest BCUT2D eigenvalue weighted by atomic mass is 9.95. The van der Waals surface area contributed by atoms with Crippen LogP contribution in [-0.2, 0) is 4.79 Å². The molecule has 2 aliphatic carbocycles. The molecule has 16 heavy (non-hydrogen) atoms. The summed E-state index contributed by atoms with van der Waals surface area (Å²) in [5.74, 6) is 1.59. The van der Waals surface area contributed by atoms with E-state index in [-0.39, 0.29) is 0 Å². The zero-order valence-corrected chi connectivity index (χ0v) is 9.95. The Kier molecular flexibility index (Phi) is 1.86. The van der Waals surface area contributed by atoms with Crippen LogP contribution in [0.5, 0.6) is 0 Å². The summed E-state index contributed by atoms with van der Waals surface area (Å²) in [5, 5.41) is 0. The van der Waals surface area contributed by atoms with E-state index in [0.29, 0.717) is 17.9 Å². The number of carbonyl (C=O) groups is 1. The van der Waals surface area contributed by atoms with Crippen molar-refractivity contribution in [3.8, 4) is 0 Å². The molecule has 4 fully saturated rings. The van der Waals surface area contributed by atoms with Crippen molar-refractivity contribution in [1.29, 1.82) is 0 Å². The normalized spacial score (nSPS) is 41.4. The van der Waals surface area contributed by atoms with Gasteiger partial charge in [-0.1, -0.05) is 0 Å². The van der Waals surface area contributed by atoms with Gasteiger partial charge < -0.3 is 0 Å². The van der Waals surface area contributed by atoms with Crippen LogP contribution in [0.1, 0.15) is 51.4 Å². The Labute approximate surface area is 97.4 Å². The molecule has 2 aliphatic heterocycles. The zero-order chi connectivity index (χ0) is 10.8. The highest BCUT2D eigenvalue weighted by atomic mass is 16.1. The van der Waals surface area contributed by atoms with Crippen molar-refractivity contribution in [2.24, 2.45) is 11.3 Å². The van der Waals surface area contributed by atoms with Gasteiger partial charge in [-0.2, -0.15) is 0 Å². The summed E-state index contributed by atoms with van der Waals surface area (Å²) in [5.41, 5.74) is 0.723. The van der Waals surface area contributed by atoms with Crippen LogP contribution in [0.25, 0.3) is 0 Å². The molecule has 2 heteroatoms. The van der Waals surface area contributed by atoms with Gasteiger partial charge in [0.15, 0.2) is 0 Å². The van der Waals surface area contributed by atoms with Crippen molar-refractivity contribution < 1.29 is 4.79 Å². The first-order valence-electron chi connectivity index (χ1n) is 7.04. The van der Waals surface area contributed by atoms with Gasteiger partial charge >= 0.3 is 0 Å². The van der Waals surface area contributed by atoms with E-state index in [1.807, 2.05) is 0 Å². The first-order chi connectivity index (χ1) is 7.77. The van der Waals surface area contributed by atoms with E-state index in [4.69, 9.17) is 0 Å². The molecule has 0 N–H and O–H groups in total. The predicted octanol–water partition coefficient (Wildman–Crippen LogP) is 2.37. The van der Waals surface area contributed by atoms with Gasteiger partial charge in [0.1, 0.15) is 5.78 Å². The van der Waals surface area contributed by atoms with Crippen molar-refractivity contribution in [3.63, 3.8) is 0 Å². The third-order valence-electron chi connectivity index (χ3n) is 5.53. The van der Waals surface area contributed by atoms with Crippen molar-refractivity contribution in [2.45, 2.75) is 63.5 Å². The Morgan fingerprint density at radius 2 is 1.69 bits per heavy atom. The maximum absolute atomic E-state index is 11.6. The molecule has 2 unspecified atom stereocenters. The second kappa shape index (κ2) is 3.10. The molecule has 2 atom stereocenters. The molecule has 2 saturated carbocycles. The van der Waals surface area contributed by atoms with E-state index >= 15 is 0 Å². The van der Waals surface area contributed by atoms with Gasteiger partial charge in [0.2, 0.25) is 0 Å². The highest BCUT2D eigenvalue weighted by Crippen LogP contribution is 2.62. The van der Waals surface area contributed by atoms with Gasteiger partial charge in [0.05, 0.1) is 0 Å². The van der Waals surface area contributed by atoms with E-state index in [1.54, 1.807) is 0 Å². The summed E-state index contributed by atoms with van der Waals surface area (Å²) in [6.07, 6.45) is 10.2. The number of nitrogens with zero attached hydrogens (tertiary/aromatic N) is 1. The highest BCUT2D eigenvalue weighted by Gasteiger charge is 2.56. The lowest BCUT2D eigenvalue weighted by molar-refractivity contribution is -0.123. The molecule has 0 aromatic carbocycles. The van der Waals surface area contributed by atoms with Gasteiger partial charge in [-0.25, -0.2) is 0 Å². The molecule has 2 bridgehead atoms. The molecule has 0 aromatic heterocycles. The molecular weight excluding hydrogens is 198 g/mol. The Morgan fingerprint density at radius 3 is 2.19 bits per heavy atom. The Bertz CT molecular complexity index is 314. The second-order valence-electron chi connectivity index (χ2n) is 6.64. The molecule has 0 amide bonds. The summed E-state index contributed by atoms with van der Waals surface area (Å²) in [6, 6.07) is 1.25. The summed E-state index contributed by atoms with van der Waals surface area (Å²) in [4.78, 5) is 14.3. The van der Waals surface area contributed by atoms with Crippen LogP contribution < -0.4 is 0 Å². The van der Waals surface area contributed by atoms with Crippen molar-refractivity contribution >= 4 is 5.78 Å². The molecule has 2 saturated heterocycles. The van der Waals surface area contributed by atoms with Crippen LogP contribution in [0.3, 0.4) is 0 Å². The van der Waals surface area contributed by atoms with Crippen LogP contribution in [0.2, 0.25) is 0 Å². The van der Waals surface area contributed by atoms with E-state index in [2.05, 4.69) is 4.90 Å². The average Bonchev–Trinajstić information content (AvgIpc) is 3.12. The number of Topliss-reactive ketones (excluding diaryl/α,β-unsaturated/α-hetero) is 1. The summed E-state index contributed by atoms with van der Waals surface area (Å²) < 4.78 is 0. The lowest BCUT2D eigenvalue weighted by Gasteiger charge is -2.36. The monoisotopic (exact) mass is 219 g/mol. The van der Waals surface area contributed by atoms with Gasteiger partial charge in [-0.15, -0.1) is 0 Å². The van der Waals surface area contributed by atoms with Crippen LogP contribution >= 0.6 is 0 Å². The van der Waals surface area contributed by atoms with E-state index < -0.39 is 0 Å². The molecule has 4 aliphatic rings. The number of rotatable bonds is 3. The van der Waals surface area contributed by atoms with Crippen LogP contribution in [0.15, 0.2) is 0 Å². The zero-order valence-electron chi connectivity index (χ0n) is 9.95. The third kappa shape index (κ3) is 1.38. The number of piperidine rings is 1. The second-order valence-corrected chi connectivity index (χ2v) is 6.64. The first kappa shape index (κ1) is 9.64. The number of hydrogen-bond acceptors (Lipinski definition) is 2. The molecule has 88 valence electrons. The quantitative estimate of drug-likeness (QED) is 0.726. The minimum atomic E-state index is 0.528. The molecule has 2 nitrogen and oxygen atoms in total. The van der Waals surface area contributed by atoms with Crippen LogP contribution in [-0.4, -0.2) is 29.3 Å². The predicted molar refractivity (Wildman–Crippen MR) is 62.1 cm³/mol. The first-order valence-corrected chi connectivity index (χ1v) is 7.04. The minimum Gasteiger partial charge on any atom is -0.300 e. The number of hydrogen-bond donors (Lipinski definition) is 0. The fourth-order valence-corrected chi connectivity index (χ4v) is 4.24. The molecule has 0 aromatic rings. The van der Waals surface area contributed by atoms with E-state index in [0.717, 1.165) is 24.2 Å². The minimum absolute atomic E-state index is 0.528. The Hall–Kier alpha value is -0.370. The molecular formula is C14H21NO. The molecule has 2 heterocycles. The lowest BCUT2D eigenvalue weighted by Crippen LogP contribution is -2.46. The standard InChI is InChI=1S/C14H21NO/c16-13-7-11-3-4-12(8-13)15(11)9-14(5-6-14)10-1-2-10/h10-12H,1-9H2. The van der Waals surface area contributed by atoms with Gasteiger partial charge in [0.25, 0.3) is 0 Å². The van der Waals surface area contributed by atoms with Crippen molar-refractivity contribution in [2.75, 3.05) is 6.54 Å². The number of fused-ring (bicyclic) bond motifs is 2. The fourth-order valence-electron chi connectivity index (χ4n) is 4.24. The average molecular weight is 219 g/mol. The Morgan fingerprint density at radius 1 is 1.06 bits per heavy atom. The number of carbonyl (C=O) groups excluding carboxylic acids is 1. The van der Waals surface area contributed by atoms with Crippen molar-refractivity contribution in [1.82, 2.24) is 4.90 Å². The van der Waals surface area contributed by atoms with Crippen LogP contribution in [0.4, 0.5) is 0 Å². The highest BCUT2D eigenvalue weighted by molar-refractivity contribution is 5.80. The van der Waals surface area contributed by atoms with Gasteiger partial charge in [-0.05, 0) is 49.9 Å². The maximum Gasteiger partial charge on any atom is 0.136 e. The van der Waals surface area contributed by atoms with Gasteiger partial charge in [-0.3, -0.25) is 9.69 Å². The fraction of sp³-hybridized carbons (Fsp3) is 0.929. The topological polar surface area (TPSA) is 20.3 Å². The largest absolute Gasteiger partial charge is 0.300 e.